The lowest BCUT2D eigenvalue weighted by atomic mass is 9.92. The lowest BCUT2D eigenvalue weighted by Gasteiger charge is -2.28. The first kappa shape index (κ1) is 12.0. The highest BCUT2D eigenvalue weighted by Gasteiger charge is 2.26. The van der Waals surface area contributed by atoms with Gasteiger partial charge in [-0.05, 0) is 18.8 Å². The van der Waals surface area contributed by atoms with Gasteiger partial charge in [0.05, 0.1) is 6.61 Å². The van der Waals surface area contributed by atoms with Gasteiger partial charge in [-0.25, -0.2) is 0 Å². The van der Waals surface area contributed by atoms with Crippen LogP contribution in [-0.2, 0) is 4.74 Å². The summed E-state index contributed by atoms with van der Waals surface area (Å²) in [6.45, 7) is 5.96. The van der Waals surface area contributed by atoms with E-state index in [9.17, 15) is 0 Å². The Hall–Kier alpha value is -0.0800. The van der Waals surface area contributed by atoms with Gasteiger partial charge in [0.2, 0.25) is 0 Å². The lowest BCUT2D eigenvalue weighted by molar-refractivity contribution is 0.0611. The average Bonchev–Trinajstić information content (AvgIpc) is 2.30. The standard InChI is InChI=1S/C12H25NO/c1-11(2)9-14-10-12(13)7-5-3-4-6-8-12/h11H,3-10,13H2,1-2H3. The van der Waals surface area contributed by atoms with Crippen molar-refractivity contribution in [2.45, 2.75) is 57.9 Å². The number of hydrogen-bond acceptors (Lipinski definition) is 2. The molecule has 0 bridgehead atoms. The van der Waals surface area contributed by atoms with Gasteiger partial charge in [-0.15, -0.1) is 0 Å². The van der Waals surface area contributed by atoms with Crippen LogP contribution >= 0.6 is 0 Å². The maximum absolute atomic E-state index is 6.32. The fourth-order valence-corrected chi connectivity index (χ4v) is 2.07. The maximum atomic E-state index is 6.32. The fraction of sp³-hybridized carbons (Fsp3) is 1.00. The molecular formula is C12H25NO. The molecule has 0 aromatic carbocycles. The molecule has 1 aliphatic rings. The third-order valence-corrected chi connectivity index (χ3v) is 2.94. The molecule has 1 aliphatic carbocycles. The molecule has 0 spiro atoms. The zero-order valence-corrected chi connectivity index (χ0v) is 9.72. The first-order valence-electron chi connectivity index (χ1n) is 5.99. The molecule has 2 N–H and O–H groups in total. The van der Waals surface area contributed by atoms with Crippen LogP contribution in [0.2, 0.25) is 0 Å². The van der Waals surface area contributed by atoms with Crippen molar-refractivity contribution in [2.24, 2.45) is 11.7 Å². The molecule has 1 fully saturated rings. The molecule has 0 atom stereocenters. The van der Waals surface area contributed by atoms with Crippen molar-refractivity contribution in [3.8, 4) is 0 Å². The summed E-state index contributed by atoms with van der Waals surface area (Å²) in [7, 11) is 0. The van der Waals surface area contributed by atoms with E-state index >= 15 is 0 Å². The fourth-order valence-electron chi connectivity index (χ4n) is 2.07. The minimum absolute atomic E-state index is 0.0224. The minimum Gasteiger partial charge on any atom is -0.379 e. The Labute approximate surface area is 88.2 Å². The molecule has 0 saturated heterocycles. The van der Waals surface area contributed by atoms with Gasteiger partial charge in [-0.1, -0.05) is 39.5 Å². The van der Waals surface area contributed by atoms with E-state index in [1.165, 1.54) is 25.7 Å². The Morgan fingerprint density at radius 2 is 1.71 bits per heavy atom. The number of nitrogens with two attached hydrogens (primary N) is 1. The van der Waals surface area contributed by atoms with Crippen LogP contribution in [0.1, 0.15) is 52.4 Å². The first-order chi connectivity index (χ1) is 6.62. The van der Waals surface area contributed by atoms with E-state index in [1.54, 1.807) is 0 Å². The molecule has 0 aliphatic heterocycles. The lowest BCUT2D eigenvalue weighted by Crippen LogP contribution is -2.44. The van der Waals surface area contributed by atoms with Crippen molar-refractivity contribution in [1.29, 1.82) is 0 Å². The average molecular weight is 199 g/mol. The maximum Gasteiger partial charge on any atom is 0.0646 e. The van der Waals surface area contributed by atoms with Gasteiger partial charge >= 0.3 is 0 Å². The number of hydrogen-bond donors (Lipinski definition) is 1. The highest BCUT2D eigenvalue weighted by atomic mass is 16.5. The van der Waals surface area contributed by atoms with Crippen molar-refractivity contribution in [3.05, 3.63) is 0 Å². The Bertz CT molecular complexity index is 148. The van der Waals surface area contributed by atoms with E-state index in [2.05, 4.69) is 13.8 Å². The third-order valence-electron chi connectivity index (χ3n) is 2.94. The largest absolute Gasteiger partial charge is 0.379 e. The summed E-state index contributed by atoms with van der Waals surface area (Å²) in [5.41, 5.74) is 6.30. The molecule has 1 rings (SSSR count). The van der Waals surface area contributed by atoms with E-state index in [0.29, 0.717) is 5.92 Å². The molecule has 84 valence electrons. The summed E-state index contributed by atoms with van der Waals surface area (Å²) in [5.74, 6) is 0.615. The van der Waals surface area contributed by atoms with Gasteiger partial charge in [0.25, 0.3) is 0 Å². The predicted molar refractivity (Wildman–Crippen MR) is 60.3 cm³/mol. The number of ether oxygens (including phenoxy) is 1. The smallest absolute Gasteiger partial charge is 0.0646 e. The first-order valence-corrected chi connectivity index (χ1v) is 5.99. The summed E-state index contributed by atoms with van der Waals surface area (Å²) < 4.78 is 5.67. The van der Waals surface area contributed by atoms with Crippen molar-refractivity contribution < 1.29 is 4.74 Å². The van der Waals surface area contributed by atoms with Crippen molar-refractivity contribution >= 4 is 0 Å². The third kappa shape index (κ3) is 4.43. The molecule has 0 amide bonds. The SMILES string of the molecule is CC(C)COCC1(N)CCCCCC1. The van der Waals surface area contributed by atoms with Gasteiger partial charge in [0, 0.05) is 12.1 Å². The van der Waals surface area contributed by atoms with Crippen LogP contribution < -0.4 is 5.73 Å². The van der Waals surface area contributed by atoms with Crippen LogP contribution in [0.15, 0.2) is 0 Å². The van der Waals surface area contributed by atoms with Gasteiger partial charge in [0.1, 0.15) is 0 Å². The predicted octanol–water partition coefficient (Wildman–Crippen LogP) is 2.71. The highest BCUT2D eigenvalue weighted by Crippen LogP contribution is 2.25. The molecule has 0 aromatic heterocycles. The minimum atomic E-state index is -0.0224. The summed E-state index contributed by atoms with van der Waals surface area (Å²) >= 11 is 0. The van der Waals surface area contributed by atoms with E-state index in [-0.39, 0.29) is 5.54 Å². The van der Waals surface area contributed by atoms with Crippen molar-refractivity contribution in [1.82, 2.24) is 0 Å². The molecule has 2 heteroatoms. The summed E-state index contributed by atoms with van der Waals surface area (Å²) in [5, 5.41) is 0. The normalized spacial score (nSPS) is 22.3. The highest BCUT2D eigenvalue weighted by molar-refractivity contribution is 4.85. The Balaban J connectivity index is 2.24. The molecule has 0 aromatic rings. The van der Waals surface area contributed by atoms with E-state index < -0.39 is 0 Å². The van der Waals surface area contributed by atoms with E-state index in [1.807, 2.05) is 0 Å². The second-order valence-corrected chi connectivity index (χ2v) is 5.19. The Kier molecular flexibility index (Phi) is 4.90. The Morgan fingerprint density at radius 1 is 1.14 bits per heavy atom. The molecule has 0 heterocycles. The molecule has 2 nitrogen and oxygen atoms in total. The molecule has 0 unspecified atom stereocenters. The van der Waals surface area contributed by atoms with E-state index in [4.69, 9.17) is 10.5 Å². The summed E-state index contributed by atoms with van der Waals surface area (Å²) in [6, 6.07) is 0. The van der Waals surface area contributed by atoms with Crippen molar-refractivity contribution in [3.63, 3.8) is 0 Å². The van der Waals surface area contributed by atoms with Gasteiger partial charge < -0.3 is 10.5 Å². The molecule has 0 radical (unpaired) electrons. The monoisotopic (exact) mass is 199 g/mol. The zero-order valence-electron chi connectivity index (χ0n) is 9.72. The molecule has 14 heavy (non-hydrogen) atoms. The van der Waals surface area contributed by atoms with Crippen LogP contribution in [0.3, 0.4) is 0 Å². The van der Waals surface area contributed by atoms with Crippen LogP contribution in [0.4, 0.5) is 0 Å². The Morgan fingerprint density at radius 3 is 2.21 bits per heavy atom. The van der Waals surface area contributed by atoms with Gasteiger partial charge in [-0.3, -0.25) is 0 Å². The molecule has 1 saturated carbocycles. The second-order valence-electron chi connectivity index (χ2n) is 5.19. The zero-order chi connectivity index (χ0) is 10.4. The second kappa shape index (κ2) is 5.72. The van der Waals surface area contributed by atoms with E-state index in [0.717, 1.165) is 26.1 Å². The van der Waals surface area contributed by atoms with Crippen LogP contribution in [0.5, 0.6) is 0 Å². The van der Waals surface area contributed by atoms with Crippen LogP contribution in [0, 0.1) is 5.92 Å². The van der Waals surface area contributed by atoms with Crippen molar-refractivity contribution in [2.75, 3.05) is 13.2 Å². The summed E-state index contributed by atoms with van der Waals surface area (Å²) in [6.07, 6.45) is 7.55. The quantitative estimate of drug-likeness (QED) is 0.707. The number of rotatable bonds is 4. The molecular weight excluding hydrogens is 174 g/mol. The van der Waals surface area contributed by atoms with Gasteiger partial charge in [-0.2, -0.15) is 0 Å². The topological polar surface area (TPSA) is 35.2 Å². The van der Waals surface area contributed by atoms with Crippen LogP contribution in [0.25, 0.3) is 0 Å². The van der Waals surface area contributed by atoms with Gasteiger partial charge in [0.15, 0.2) is 0 Å². The summed E-state index contributed by atoms with van der Waals surface area (Å²) in [4.78, 5) is 0. The van der Waals surface area contributed by atoms with Crippen LogP contribution in [-0.4, -0.2) is 18.8 Å².